The molecule has 0 spiro atoms. The number of epoxide rings is 1. The Balaban J connectivity index is 1.92. The van der Waals surface area contributed by atoms with Gasteiger partial charge in [-0.2, -0.15) is 0 Å². The minimum Gasteiger partial charge on any atom is -0.460 e. The van der Waals surface area contributed by atoms with E-state index in [2.05, 4.69) is 38.3 Å². The number of Topliss-reactive ketones (excluding diaryl/α,β-unsaturated/α-hetero) is 1. The Hall–Kier alpha value is -1.86. The van der Waals surface area contributed by atoms with Crippen LogP contribution in [0.1, 0.15) is 40.0 Å². The van der Waals surface area contributed by atoms with E-state index in [9.17, 15) is 9.59 Å². The maximum atomic E-state index is 12.1. The molecule has 0 bridgehead atoms. The standard InChI is InChI=1S/C18H22O4/c1-11(2)6-5-7-12(3)8-9-14-10-15(21-13(4)19)17-18(22-17)16(14)20/h6,14-15,17-18H,3,5,7,10H2,1-2,4H3/t14?,15-,17+,18-/m1/s1. The van der Waals surface area contributed by atoms with Gasteiger partial charge in [0.05, 0.1) is 5.92 Å². The number of rotatable bonds is 4. The highest BCUT2D eigenvalue weighted by atomic mass is 16.6. The molecule has 2 rings (SSSR count). The van der Waals surface area contributed by atoms with Crippen LogP contribution in [0.5, 0.6) is 0 Å². The third-order valence-corrected chi connectivity index (χ3v) is 3.72. The zero-order chi connectivity index (χ0) is 16.3. The van der Waals surface area contributed by atoms with E-state index in [1.54, 1.807) is 0 Å². The van der Waals surface area contributed by atoms with Crippen LogP contribution in [0.15, 0.2) is 23.8 Å². The number of hydrogen-bond acceptors (Lipinski definition) is 4. The number of carbonyl (C=O) groups excluding carboxylic acids is 2. The number of ketones is 1. The lowest BCUT2D eigenvalue weighted by molar-refractivity contribution is -0.149. The van der Waals surface area contributed by atoms with Gasteiger partial charge < -0.3 is 9.47 Å². The summed E-state index contributed by atoms with van der Waals surface area (Å²) in [7, 11) is 0. The molecule has 0 aromatic carbocycles. The van der Waals surface area contributed by atoms with E-state index < -0.39 is 12.0 Å². The van der Waals surface area contributed by atoms with Gasteiger partial charge in [0, 0.05) is 13.3 Å². The Morgan fingerprint density at radius 2 is 2.18 bits per heavy atom. The van der Waals surface area contributed by atoms with E-state index in [1.165, 1.54) is 12.5 Å². The van der Waals surface area contributed by atoms with Gasteiger partial charge in [0.25, 0.3) is 0 Å². The number of fused-ring (bicyclic) bond motifs is 1. The first-order chi connectivity index (χ1) is 10.4. The van der Waals surface area contributed by atoms with Crippen molar-refractivity contribution in [1.82, 2.24) is 0 Å². The third kappa shape index (κ3) is 4.32. The largest absolute Gasteiger partial charge is 0.460 e. The van der Waals surface area contributed by atoms with Crippen molar-refractivity contribution in [2.24, 2.45) is 5.92 Å². The molecule has 1 aliphatic heterocycles. The Labute approximate surface area is 131 Å². The molecule has 22 heavy (non-hydrogen) atoms. The first kappa shape index (κ1) is 16.5. The number of hydrogen-bond donors (Lipinski definition) is 0. The molecule has 1 saturated heterocycles. The third-order valence-electron chi connectivity index (χ3n) is 3.72. The highest BCUT2D eigenvalue weighted by molar-refractivity contribution is 5.91. The molecule has 0 aromatic heterocycles. The van der Waals surface area contributed by atoms with Crippen LogP contribution in [0.2, 0.25) is 0 Å². The van der Waals surface area contributed by atoms with Crippen molar-refractivity contribution >= 4 is 11.8 Å². The van der Waals surface area contributed by atoms with Crippen molar-refractivity contribution in [2.45, 2.75) is 58.3 Å². The SMILES string of the molecule is C=C(C#CC1C[C@@H](OC(C)=O)[C@@H]2O[C@@H]2C1=O)CCC=C(C)C. The number of esters is 1. The minimum absolute atomic E-state index is 0.00185. The lowest BCUT2D eigenvalue weighted by Crippen LogP contribution is -2.37. The van der Waals surface area contributed by atoms with Crippen LogP contribution >= 0.6 is 0 Å². The number of allylic oxidation sites excluding steroid dienone is 3. The minimum atomic E-state index is -0.448. The summed E-state index contributed by atoms with van der Waals surface area (Å²) < 4.78 is 10.5. The zero-order valence-corrected chi connectivity index (χ0v) is 13.3. The fraction of sp³-hybridized carbons (Fsp3) is 0.556. The highest BCUT2D eigenvalue weighted by Gasteiger charge is 2.57. The van der Waals surface area contributed by atoms with E-state index in [-0.39, 0.29) is 24.0 Å². The Kier molecular flexibility index (Phi) is 5.20. The van der Waals surface area contributed by atoms with Gasteiger partial charge in [-0.1, -0.05) is 30.1 Å². The average molecular weight is 302 g/mol. The van der Waals surface area contributed by atoms with Gasteiger partial charge in [0.15, 0.2) is 5.78 Å². The zero-order valence-electron chi connectivity index (χ0n) is 13.3. The maximum absolute atomic E-state index is 12.1. The van der Waals surface area contributed by atoms with Crippen LogP contribution in [0.3, 0.4) is 0 Å². The lowest BCUT2D eigenvalue weighted by atomic mass is 9.86. The Bertz CT molecular complexity index is 572. The molecular weight excluding hydrogens is 280 g/mol. The molecule has 0 amide bonds. The molecule has 118 valence electrons. The summed E-state index contributed by atoms with van der Waals surface area (Å²) in [4.78, 5) is 23.2. The summed E-state index contributed by atoms with van der Waals surface area (Å²) in [5, 5.41) is 0. The van der Waals surface area contributed by atoms with Crippen molar-refractivity contribution < 1.29 is 19.1 Å². The molecule has 1 heterocycles. The maximum Gasteiger partial charge on any atom is 0.302 e. The van der Waals surface area contributed by atoms with Gasteiger partial charge in [-0.05, 0) is 32.3 Å². The molecule has 2 aliphatic rings. The molecular formula is C18H22O4. The molecule has 0 radical (unpaired) electrons. The molecule has 4 heteroatoms. The van der Waals surface area contributed by atoms with E-state index in [0.717, 1.165) is 18.4 Å². The second-order valence-corrected chi connectivity index (χ2v) is 6.05. The summed E-state index contributed by atoms with van der Waals surface area (Å²) in [6, 6.07) is 0. The first-order valence-corrected chi connectivity index (χ1v) is 7.57. The molecule has 0 aromatic rings. The lowest BCUT2D eigenvalue weighted by Gasteiger charge is -2.21. The van der Waals surface area contributed by atoms with Crippen molar-refractivity contribution in [3.63, 3.8) is 0 Å². The predicted octanol–water partition coefficient (Wildman–Crippen LogP) is 2.58. The van der Waals surface area contributed by atoms with Gasteiger partial charge in [0.1, 0.15) is 18.3 Å². The van der Waals surface area contributed by atoms with E-state index in [0.29, 0.717) is 6.42 Å². The summed E-state index contributed by atoms with van der Waals surface area (Å²) >= 11 is 0. The average Bonchev–Trinajstić information content (AvgIpc) is 3.20. The van der Waals surface area contributed by atoms with Crippen LogP contribution in [0, 0.1) is 17.8 Å². The smallest absolute Gasteiger partial charge is 0.302 e. The van der Waals surface area contributed by atoms with Gasteiger partial charge >= 0.3 is 5.97 Å². The second kappa shape index (κ2) is 6.93. The molecule has 1 unspecified atom stereocenters. The Morgan fingerprint density at radius 1 is 1.45 bits per heavy atom. The quantitative estimate of drug-likeness (QED) is 0.347. The molecule has 1 saturated carbocycles. The van der Waals surface area contributed by atoms with Gasteiger partial charge in [-0.25, -0.2) is 0 Å². The highest BCUT2D eigenvalue weighted by Crippen LogP contribution is 2.38. The molecule has 1 aliphatic carbocycles. The van der Waals surface area contributed by atoms with E-state index in [4.69, 9.17) is 9.47 Å². The van der Waals surface area contributed by atoms with Gasteiger partial charge in [-0.3, -0.25) is 9.59 Å². The topological polar surface area (TPSA) is 55.9 Å². The summed E-state index contributed by atoms with van der Waals surface area (Å²) in [5.74, 6) is 5.16. The second-order valence-electron chi connectivity index (χ2n) is 6.05. The van der Waals surface area contributed by atoms with Gasteiger partial charge in [0.2, 0.25) is 0 Å². The van der Waals surface area contributed by atoms with Crippen molar-refractivity contribution in [3.8, 4) is 11.8 Å². The first-order valence-electron chi connectivity index (χ1n) is 7.57. The summed E-state index contributed by atoms with van der Waals surface area (Å²) in [5.41, 5.74) is 2.08. The monoisotopic (exact) mass is 302 g/mol. The summed E-state index contributed by atoms with van der Waals surface area (Å²) in [6.45, 7) is 9.39. The van der Waals surface area contributed by atoms with Crippen molar-refractivity contribution in [1.29, 1.82) is 0 Å². The summed E-state index contributed by atoms with van der Waals surface area (Å²) in [6.07, 6.45) is 3.16. The normalized spacial score (nSPS) is 28.8. The number of carbonyl (C=O) groups is 2. The predicted molar refractivity (Wildman–Crippen MR) is 82.9 cm³/mol. The van der Waals surface area contributed by atoms with E-state index in [1.807, 2.05) is 0 Å². The van der Waals surface area contributed by atoms with Gasteiger partial charge in [-0.15, -0.1) is 0 Å². The van der Waals surface area contributed by atoms with Crippen molar-refractivity contribution in [2.75, 3.05) is 0 Å². The fourth-order valence-electron chi connectivity index (χ4n) is 2.56. The van der Waals surface area contributed by atoms with Crippen LogP contribution in [-0.4, -0.2) is 30.1 Å². The van der Waals surface area contributed by atoms with Crippen LogP contribution in [0.4, 0.5) is 0 Å². The van der Waals surface area contributed by atoms with Crippen molar-refractivity contribution in [3.05, 3.63) is 23.8 Å². The van der Waals surface area contributed by atoms with Crippen LogP contribution < -0.4 is 0 Å². The Morgan fingerprint density at radius 3 is 2.82 bits per heavy atom. The molecule has 2 fully saturated rings. The molecule has 4 nitrogen and oxygen atoms in total. The fourth-order valence-corrected chi connectivity index (χ4v) is 2.56. The molecule has 0 N–H and O–H groups in total. The molecule has 4 atom stereocenters. The van der Waals surface area contributed by atoms with E-state index >= 15 is 0 Å². The van der Waals surface area contributed by atoms with Crippen LogP contribution in [-0.2, 0) is 19.1 Å². The van der Waals surface area contributed by atoms with Crippen LogP contribution in [0.25, 0.3) is 0 Å². The number of ether oxygens (including phenoxy) is 2.